The molecule has 1 atom stereocenters. The Balaban J connectivity index is 1.73. The van der Waals surface area contributed by atoms with Crippen LogP contribution in [0.3, 0.4) is 0 Å². The lowest BCUT2D eigenvalue weighted by atomic mass is 9.85. The Bertz CT molecular complexity index is 834. The van der Waals surface area contributed by atoms with E-state index in [1.807, 2.05) is 18.3 Å². The van der Waals surface area contributed by atoms with Crippen molar-refractivity contribution in [3.63, 3.8) is 0 Å². The second-order valence-corrected chi connectivity index (χ2v) is 7.41. The van der Waals surface area contributed by atoms with Crippen LogP contribution in [0.1, 0.15) is 49.3 Å². The highest BCUT2D eigenvalue weighted by Crippen LogP contribution is 2.39. The van der Waals surface area contributed by atoms with Gasteiger partial charge in [0.2, 0.25) is 0 Å². The molecule has 4 heteroatoms. The van der Waals surface area contributed by atoms with E-state index in [1.165, 1.54) is 36.9 Å². The van der Waals surface area contributed by atoms with Crippen LogP contribution in [0.15, 0.2) is 42.6 Å². The van der Waals surface area contributed by atoms with E-state index < -0.39 is 0 Å². The van der Waals surface area contributed by atoms with Crippen LogP contribution >= 0.6 is 11.6 Å². The molecule has 1 unspecified atom stereocenters. The normalized spacial score (nSPS) is 16.4. The van der Waals surface area contributed by atoms with Gasteiger partial charge < -0.3 is 9.72 Å². The lowest BCUT2D eigenvalue weighted by Crippen LogP contribution is -2.07. The molecule has 1 N–H and O–H groups in total. The van der Waals surface area contributed by atoms with Crippen LogP contribution in [-0.4, -0.2) is 17.1 Å². The smallest absolute Gasteiger partial charge is 0.137 e. The predicted molar refractivity (Wildman–Crippen MR) is 103 cm³/mol. The van der Waals surface area contributed by atoms with E-state index in [-0.39, 0.29) is 0 Å². The maximum atomic E-state index is 6.41. The fourth-order valence-corrected chi connectivity index (χ4v) is 4.35. The quantitative estimate of drug-likeness (QED) is 0.616. The van der Waals surface area contributed by atoms with Gasteiger partial charge in [-0.3, -0.25) is 0 Å². The molecule has 4 rings (SSSR count). The van der Waals surface area contributed by atoms with E-state index in [0.29, 0.717) is 10.9 Å². The Morgan fingerprint density at radius 3 is 2.80 bits per heavy atom. The molecular weight excluding hydrogens is 332 g/mol. The molecule has 0 aliphatic heterocycles. The number of aromatic nitrogens is 2. The van der Waals surface area contributed by atoms with Crippen LogP contribution in [0.2, 0.25) is 5.02 Å². The largest absolute Gasteiger partial charge is 0.495 e. The highest BCUT2D eigenvalue weighted by Gasteiger charge is 2.24. The Labute approximate surface area is 153 Å². The number of rotatable bonds is 5. The molecule has 1 aliphatic carbocycles. The highest BCUT2D eigenvalue weighted by molar-refractivity contribution is 6.32. The number of nitrogens with zero attached hydrogens (tertiary/aromatic N) is 1. The number of pyridine rings is 1. The molecule has 0 saturated heterocycles. The Morgan fingerprint density at radius 1 is 1.24 bits per heavy atom. The van der Waals surface area contributed by atoms with E-state index in [0.717, 1.165) is 29.1 Å². The lowest BCUT2D eigenvalue weighted by Gasteiger charge is -2.21. The third-order valence-electron chi connectivity index (χ3n) is 5.41. The van der Waals surface area contributed by atoms with E-state index >= 15 is 0 Å². The summed E-state index contributed by atoms with van der Waals surface area (Å²) in [4.78, 5) is 7.98. The molecule has 1 fully saturated rings. The zero-order valence-electron chi connectivity index (χ0n) is 14.5. The number of hydrogen-bond donors (Lipinski definition) is 1. The van der Waals surface area contributed by atoms with Crippen molar-refractivity contribution in [3.8, 4) is 5.75 Å². The van der Waals surface area contributed by atoms with Crippen molar-refractivity contribution >= 4 is 22.6 Å². The summed E-state index contributed by atoms with van der Waals surface area (Å²) in [5.41, 5.74) is 3.42. The Hall–Kier alpha value is -2.00. The Morgan fingerprint density at radius 2 is 2.08 bits per heavy atom. The summed E-state index contributed by atoms with van der Waals surface area (Å²) in [6.07, 6.45) is 8.36. The van der Waals surface area contributed by atoms with Gasteiger partial charge in [-0.05, 0) is 48.2 Å². The molecule has 0 spiro atoms. The number of aromatic amines is 1. The third-order valence-corrected chi connectivity index (χ3v) is 5.71. The van der Waals surface area contributed by atoms with Crippen molar-refractivity contribution in [2.24, 2.45) is 5.92 Å². The number of H-pyrrole nitrogens is 1. The van der Waals surface area contributed by atoms with Gasteiger partial charge in [0.15, 0.2) is 0 Å². The van der Waals surface area contributed by atoms with Gasteiger partial charge in [-0.15, -0.1) is 0 Å². The van der Waals surface area contributed by atoms with Crippen LogP contribution in [0.25, 0.3) is 11.0 Å². The van der Waals surface area contributed by atoms with Crippen LogP contribution < -0.4 is 4.74 Å². The molecule has 25 heavy (non-hydrogen) atoms. The number of ether oxygens (including phenoxy) is 1. The molecule has 0 bridgehead atoms. The average molecular weight is 355 g/mol. The predicted octanol–water partition coefficient (Wildman–Crippen LogP) is 5.94. The minimum Gasteiger partial charge on any atom is -0.495 e. The van der Waals surface area contributed by atoms with Crippen molar-refractivity contribution in [1.29, 1.82) is 0 Å². The minimum absolute atomic E-state index is 0.306. The number of methoxy groups -OCH3 is 1. The molecule has 1 aromatic carbocycles. The summed E-state index contributed by atoms with van der Waals surface area (Å²) >= 11 is 6.41. The van der Waals surface area contributed by atoms with Crippen molar-refractivity contribution in [1.82, 2.24) is 9.97 Å². The van der Waals surface area contributed by atoms with Crippen molar-refractivity contribution in [3.05, 3.63) is 58.9 Å². The molecular formula is C21H23ClN2O. The van der Waals surface area contributed by atoms with Crippen molar-refractivity contribution in [2.75, 3.05) is 7.11 Å². The first-order valence-electron chi connectivity index (χ1n) is 9.01. The van der Waals surface area contributed by atoms with E-state index in [1.54, 1.807) is 7.11 Å². The molecule has 3 aromatic rings. The molecule has 3 nitrogen and oxygen atoms in total. The number of benzene rings is 1. The summed E-state index contributed by atoms with van der Waals surface area (Å²) in [7, 11) is 1.65. The number of hydrogen-bond acceptors (Lipinski definition) is 2. The number of nitrogens with one attached hydrogen (secondary N) is 1. The van der Waals surface area contributed by atoms with Gasteiger partial charge in [0.05, 0.1) is 12.1 Å². The molecule has 2 aromatic heterocycles. The average Bonchev–Trinajstić information content (AvgIpc) is 3.28. The van der Waals surface area contributed by atoms with Gasteiger partial charge in [0.1, 0.15) is 11.4 Å². The number of halogens is 1. The van der Waals surface area contributed by atoms with Gasteiger partial charge in [-0.25, -0.2) is 4.98 Å². The summed E-state index contributed by atoms with van der Waals surface area (Å²) in [6, 6.07) is 12.5. The Kier molecular flexibility index (Phi) is 4.67. The third kappa shape index (κ3) is 3.38. The molecule has 0 radical (unpaired) electrons. The van der Waals surface area contributed by atoms with Crippen molar-refractivity contribution < 1.29 is 4.74 Å². The van der Waals surface area contributed by atoms with Crippen LogP contribution in [-0.2, 0) is 0 Å². The van der Waals surface area contributed by atoms with E-state index in [4.69, 9.17) is 16.3 Å². The van der Waals surface area contributed by atoms with Crippen molar-refractivity contribution in [2.45, 2.75) is 38.0 Å². The lowest BCUT2D eigenvalue weighted by molar-refractivity contribution is 0.414. The second kappa shape index (κ2) is 7.09. The molecule has 1 aliphatic rings. The summed E-state index contributed by atoms with van der Waals surface area (Å²) in [5, 5.41) is 1.83. The standard InChI is InChI=1S/C21H23ClN2O/c1-25-20-9-8-15(12-18(20)22)17(11-14-5-2-3-6-14)19-13-16-7-4-10-23-21(16)24-19/h4,7-10,12-14,17H,2-3,5-6,11H2,1H3,(H,23,24). The van der Waals surface area contributed by atoms with Crippen LogP contribution in [0.5, 0.6) is 5.75 Å². The summed E-state index contributed by atoms with van der Waals surface area (Å²) in [6.45, 7) is 0. The zero-order valence-corrected chi connectivity index (χ0v) is 15.2. The fourth-order valence-electron chi connectivity index (χ4n) is 4.09. The zero-order chi connectivity index (χ0) is 17.2. The molecule has 2 heterocycles. The van der Waals surface area contributed by atoms with Gasteiger partial charge in [-0.2, -0.15) is 0 Å². The topological polar surface area (TPSA) is 37.9 Å². The van der Waals surface area contributed by atoms with Gasteiger partial charge >= 0.3 is 0 Å². The second-order valence-electron chi connectivity index (χ2n) is 7.00. The van der Waals surface area contributed by atoms with E-state index in [2.05, 4.69) is 34.2 Å². The van der Waals surface area contributed by atoms with Gasteiger partial charge in [0, 0.05) is 23.2 Å². The van der Waals surface area contributed by atoms with Crippen LogP contribution in [0, 0.1) is 5.92 Å². The van der Waals surface area contributed by atoms with E-state index in [9.17, 15) is 0 Å². The minimum atomic E-state index is 0.306. The first kappa shape index (κ1) is 16.5. The van der Waals surface area contributed by atoms with Crippen LogP contribution in [0.4, 0.5) is 0 Å². The maximum absolute atomic E-state index is 6.41. The maximum Gasteiger partial charge on any atom is 0.137 e. The highest BCUT2D eigenvalue weighted by atomic mass is 35.5. The van der Waals surface area contributed by atoms with Gasteiger partial charge in [0.25, 0.3) is 0 Å². The molecule has 130 valence electrons. The fraction of sp³-hybridized carbons (Fsp3) is 0.381. The monoisotopic (exact) mass is 354 g/mol. The SMILES string of the molecule is COc1ccc(C(CC2CCCC2)c2cc3cccnc3[nH]2)cc1Cl. The number of fused-ring (bicyclic) bond motifs is 1. The summed E-state index contributed by atoms with van der Waals surface area (Å²) < 4.78 is 5.32. The molecule has 0 amide bonds. The van der Waals surface area contributed by atoms with Gasteiger partial charge in [-0.1, -0.05) is 43.4 Å². The summed E-state index contributed by atoms with van der Waals surface area (Å²) in [5.74, 6) is 1.81. The molecule has 1 saturated carbocycles. The first-order valence-corrected chi connectivity index (χ1v) is 9.39. The first-order chi connectivity index (χ1) is 12.2.